The van der Waals surface area contributed by atoms with Gasteiger partial charge in [0.05, 0.1) is 13.2 Å². The molecule has 1 aliphatic rings. The van der Waals surface area contributed by atoms with E-state index in [2.05, 4.69) is 23.7 Å². The average molecular weight is 291 g/mol. The van der Waals surface area contributed by atoms with Gasteiger partial charge in [0, 0.05) is 38.4 Å². The maximum Gasteiger partial charge on any atom is 0.239 e. The van der Waals surface area contributed by atoms with Gasteiger partial charge < -0.3 is 9.64 Å². The Kier molecular flexibility index (Phi) is 5.17. The number of carbonyl (C=O) groups is 1. The van der Waals surface area contributed by atoms with Crippen LogP contribution >= 0.6 is 0 Å². The third-order valence-electron chi connectivity index (χ3n) is 3.85. The average Bonchev–Trinajstić information content (AvgIpc) is 2.47. The van der Waals surface area contributed by atoms with E-state index < -0.39 is 0 Å². The van der Waals surface area contributed by atoms with E-state index in [0.717, 1.165) is 31.7 Å². The van der Waals surface area contributed by atoms with Crippen LogP contribution in [0.4, 0.5) is 0 Å². The number of aromatic nitrogens is 1. The van der Waals surface area contributed by atoms with Crippen molar-refractivity contribution in [1.29, 1.82) is 0 Å². The smallest absolute Gasteiger partial charge is 0.239 e. The summed E-state index contributed by atoms with van der Waals surface area (Å²) in [6, 6.07) is 3.79. The van der Waals surface area contributed by atoms with Crippen LogP contribution in [0.1, 0.15) is 26.3 Å². The maximum absolute atomic E-state index is 12.4. The van der Waals surface area contributed by atoms with Gasteiger partial charge in [0.15, 0.2) is 0 Å². The van der Waals surface area contributed by atoms with E-state index in [1.807, 2.05) is 30.2 Å². The van der Waals surface area contributed by atoms with Crippen LogP contribution in [-0.4, -0.2) is 53.5 Å². The van der Waals surface area contributed by atoms with Gasteiger partial charge in [-0.15, -0.1) is 0 Å². The molecule has 0 N–H and O–H groups in total. The Morgan fingerprint density at radius 3 is 2.71 bits per heavy atom. The van der Waals surface area contributed by atoms with Gasteiger partial charge in [0.25, 0.3) is 0 Å². The number of pyridine rings is 1. The van der Waals surface area contributed by atoms with Crippen LogP contribution in [-0.2, 0) is 11.3 Å². The normalized spacial score (nSPS) is 20.1. The molecule has 5 nitrogen and oxygen atoms in total. The lowest BCUT2D eigenvalue weighted by Gasteiger charge is -2.39. The molecule has 2 heterocycles. The van der Waals surface area contributed by atoms with Gasteiger partial charge in [0.1, 0.15) is 0 Å². The van der Waals surface area contributed by atoms with E-state index in [9.17, 15) is 4.79 Å². The van der Waals surface area contributed by atoms with Crippen molar-refractivity contribution >= 4 is 5.91 Å². The third kappa shape index (κ3) is 3.94. The first-order chi connectivity index (χ1) is 10.0. The number of methoxy groups -OCH3 is 1. The fourth-order valence-corrected chi connectivity index (χ4v) is 2.67. The molecule has 0 aliphatic carbocycles. The lowest BCUT2D eigenvalue weighted by molar-refractivity contribution is -0.141. The van der Waals surface area contributed by atoms with Gasteiger partial charge in [-0.1, -0.05) is 19.9 Å². The van der Waals surface area contributed by atoms with Gasteiger partial charge >= 0.3 is 0 Å². The van der Waals surface area contributed by atoms with Crippen molar-refractivity contribution in [3.8, 4) is 5.88 Å². The summed E-state index contributed by atoms with van der Waals surface area (Å²) in [5.41, 5.74) is 1.10. The second-order valence-corrected chi connectivity index (χ2v) is 6.03. The summed E-state index contributed by atoms with van der Waals surface area (Å²) in [6.45, 7) is 9.60. The Morgan fingerprint density at radius 2 is 2.14 bits per heavy atom. The number of hydrogen-bond acceptors (Lipinski definition) is 4. The zero-order valence-corrected chi connectivity index (χ0v) is 13.4. The van der Waals surface area contributed by atoms with E-state index >= 15 is 0 Å². The van der Waals surface area contributed by atoms with E-state index in [4.69, 9.17) is 4.74 Å². The molecular weight excluding hydrogens is 266 g/mol. The molecule has 2 rings (SSSR count). The number of piperazine rings is 1. The van der Waals surface area contributed by atoms with Gasteiger partial charge in [-0.2, -0.15) is 0 Å². The Balaban J connectivity index is 1.97. The molecule has 0 bridgehead atoms. The van der Waals surface area contributed by atoms with Crippen LogP contribution in [0.5, 0.6) is 5.88 Å². The third-order valence-corrected chi connectivity index (χ3v) is 3.85. The van der Waals surface area contributed by atoms with Crippen LogP contribution < -0.4 is 4.74 Å². The minimum atomic E-state index is -0.0698. The number of carbonyl (C=O) groups excluding carboxylic acids is 1. The molecule has 1 fully saturated rings. The predicted octanol–water partition coefficient (Wildman–Crippen LogP) is 1.78. The molecule has 5 heteroatoms. The number of hydrogen-bond donors (Lipinski definition) is 0. The van der Waals surface area contributed by atoms with Gasteiger partial charge in [-0.3, -0.25) is 9.69 Å². The lowest BCUT2D eigenvalue weighted by Crippen LogP contribution is -2.56. The van der Waals surface area contributed by atoms with Crippen LogP contribution in [0.25, 0.3) is 0 Å². The molecule has 116 valence electrons. The van der Waals surface area contributed by atoms with Gasteiger partial charge in [0.2, 0.25) is 11.8 Å². The summed E-state index contributed by atoms with van der Waals surface area (Å²) >= 11 is 0. The SMILES string of the molecule is COc1ccc(CN2CCN(CC(C)C)C(=O)[C@H]2C)cn1. The van der Waals surface area contributed by atoms with Crippen molar-refractivity contribution in [3.63, 3.8) is 0 Å². The zero-order chi connectivity index (χ0) is 15.4. The van der Waals surface area contributed by atoms with Crippen molar-refractivity contribution in [1.82, 2.24) is 14.8 Å². The summed E-state index contributed by atoms with van der Waals surface area (Å²) < 4.78 is 5.06. The van der Waals surface area contributed by atoms with Crippen LogP contribution in [0.2, 0.25) is 0 Å². The number of rotatable bonds is 5. The highest BCUT2D eigenvalue weighted by atomic mass is 16.5. The second-order valence-electron chi connectivity index (χ2n) is 6.03. The summed E-state index contributed by atoms with van der Waals surface area (Å²) in [5, 5.41) is 0. The van der Waals surface area contributed by atoms with Gasteiger partial charge in [-0.05, 0) is 18.4 Å². The van der Waals surface area contributed by atoms with E-state index in [1.165, 1.54) is 0 Å². The topological polar surface area (TPSA) is 45.7 Å². The lowest BCUT2D eigenvalue weighted by atomic mass is 10.1. The highest BCUT2D eigenvalue weighted by Crippen LogP contribution is 2.17. The molecule has 1 atom stereocenters. The quantitative estimate of drug-likeness (QED) is 0.829. The predicted molar refractivity (Wildman–Crippen MR) is 82.1 cm³/mol. The molecule has 1 saturated heterocycles. The van der Waals surface area contributed by atoms with Crippen molar-refractivity contribution in [2.45, 2.75) is 33.4 Å². The molecule has 21 heavy (non-hydrogen) atoms. The molecule has 1 aromatic heterocycles. The van der Waals surface area contributed by atoms with Crippen molar-refractivity contribution in [2.75, 3.05) is 26.7 Å². The van der Waals surface area contributed by atoms with Crippen LogP contribution in [0, 0.1) is 5.92 Å². The zero-order valence-electron chi connectivity index (χ0n) is 13.4. The second kappa shape index (κ2) is 6.89. The highest BCUT2D eigenvalue weighted by molar-refractivity contribution is 5.82. The fraction of sp³-hybridized carbons (Fsp3) is 0.625. The van der Waals surface area contributed by atoms with Crippen molar-refractivity contribution in [2.24, 2.45) is 5.92 Å². The maximum atomic E-state index is 12.4. The Hall–Kier alpha value is -1.62. The summed E-state index contributed by atoms with van der Waals surface area (Å²) in [7, 11) is 1.61. The van der Waals surface area contributed by atoms with E-state index in [1.54, 1.807) is 7.11 Å². The van der Waals surface area contributed by atoms with Crippen LogP contribution in [0.15, 0.2) is 18.3 Å². The van der Waals surface area contributed by atoms with Crippen molar-refractivity contribution in [3.05, 3.63) is 23.9 Å². The van der Waals surface area contributed by atoms with E-state index in [0.29, 0.717) is 11.8 Å². The minimum absolute atomic E-state index is 0.0698. The van der Waals surface area contributed by atoms with Crippen LogP contribution in [0.3, 0.4) is 0 Å². The molecule has 0 spiro atoms. The largest absolute Gasteiger partial charge is 0.481 e. The van der Waals surface area contributed by atoms with E-state index in [-0.39, 0.29) is 11.9 Å². The molecule has 0 radical (unpaired) electrons. The first-order valence-electron chi connectivity index (χ1n) is 7.53. The number of amides is 1. The van der Waals surface area contributed by atoms with Crippen molar-refractivity contribution < 1.29 is 9.53 Å². The summed E-state index contributed by atoms with van der Waals surface area (Å²) in [6.07, 6.45) is 1.82. The Bertz CT molecular complexity index is 473. The highest BCUT2D eigenvalue weighted by Gasteiger charge is 2.31. The summed E-state index contributed by atoms with van der Waals surface area (Å²) in [4.78, 5) is 20.8. The summed E-state index contributed by atoms with van der Waals surface area (Å²) in [5.74, 6) is 1.36. The minimum Gasteiger partial charge on any atom is -0.481 e. The molecule has 1 aromatic rings. The monoisotopic (exact) mass is 291 g/mol. The molecule has 0 aromatic carbocycles. The molecular formula is C16H25N3O2. The Morgan fingerprint density at radius 1 is 1.38 bits per heavy atom. The van der Waals surface area contributed by atoms with Gasteiger partial charge in [-0.25, -0.2) is 4.98 Å². The standard InChI is InChI=1S/C16H25N3O2/c1-12(2)10-19-8-7-18(13(3)16(19)20)11-14-5-6-15(21-4)17-9-14/h5-6,9,12-13H,7-8,10-11H2,1-4H3/t13-/m1/s1. The first-order valence-corrected chi connectivity index (χ1v) is 7.53. The molecule has 1 aliphatic heterocycles. The molecule has 1 amide bonds. The molecule has 0 saturated carbocycles. The molecule has 0 unspecified atom stereocenters. The fourth-order valence-electron chi connectivity index (χ4n) is 2.67. The number of ether oxygens (including phenoxy) is 1. The first kappa shape index (κ1) is 15.8. The Labute approximate surface area is 126 Å². The number of nitrogens with zero attached hydrogens (tertiary/aromatic N) is 3.